The van der Waals surface area contributed by atoms with Crippen LogP contribution in [-0.4, -0.2) is 0 Å². The van der Waals surface area contributed by atoms with Crippen molar-refractivity contribution < 1.29 is 0 Å². The van der Waals surface area contributed by atoms with E-state index in [0.29, 0.717) is 0 Å². The van der Waals surface area contributed by atoms with Gasteiger partial charge in [0.1, 0.15) is 0 Å². The maximum absolute atomic E-state index is 2.38. The Morgan fingerprint density at radius 1 is 0.255 bits per heavy atom. The lowest BCUT2D eigenvalue weighted by Crippen LogP contribution is -2.10. The fourth-order valence-corrected chi connectivity index (χ4v) is 7.27. The van der Waals surface area contributed by atoms with Gasteiger partial charge in [0.15, 0.2) is 0 Å². The Hall–Kier alpha value is -6.70. The Morgan fingerprint density at radius 3 is 1.31 bits per heavy atom. The van der Waals surface area contributed by atoms with Gasteiger partial charge in [0.25, 0.3) is 0 Å². The molecule has 0 atom stereocenters. The predicted molar refractivity (Wildman–Crippen MR) is 218 cm³/mol. The van der Waals surface area contributed by atoms with E-state index in [1.807, 2.05) is 0 Å². The zero-order chi connectivity index (χ0) is 34.0. The van der Waals surface area contributed by atoms with Gasteiger partial charge in [-0.05, 0) is 97.1 Å². The van der Waals surface area contributed by atoms with Crippen LogP contribution in [0.5, 0.6) is 0 Å². The third-order valence-electron chi connectivity index (χ3n) is 9.88. The first-order chi connectivity index (χ1) is 25.3. The molecular formula is C50H35N. The van der Waals surface area contributed by atoms with Gasteiger partial charge in [-0.25, -0.2) is 0 Å². The van der Waals surface area contributed by atoms with E-state index in [9.17, 15) is 0 Å². The van der Waals surface area contributed by atoms with E-state index >= 15 is 0 Å². The molecule has 9 aromatic rings. The van der Waals surface area contributed by atoms with E-state index in [1.54, 1.807) is 0 Å². The highest BCUT2D eigenvalue weighted by molar-refractivity contribution is 6.00. The third-order valence-corrected chi connectivity index (χ3v) is 9.88. The monoisotopic (exact) mass is 649 g/mol. The summed E-state index contributed by atoms with van der Waals surface area (Å²) in [5.74, 6) is 0. The van der Waals surface area contributed by atoms with Crippen LogP contribution in [0.15, 0.2) is 212 Å². The normalized spacial score (nSPS) is 11.1. The van der Waals surface area contributed by atoms with Crippen molar-refractivity contribution in [2.45, 2.75) is 0 Å². The number of nitrogens with zero attached hydrogens (tertiary/aromatic N) is 1. The molecule has 0 spiro atoms. The van der Waals surface area contributed by atoms with Gasteiger partial charge < -0.3 is 4.90 Å². The number of benzene rings is 9. The Bertz CT molecular complexity index is 2590. The van der Waals surface area contributed by atoms with E-state index in [4.69, 9.17) is 0 Å². The zero-order valence-electron chi connectivity index (χ0n) is 28.2. The van der Waals surface area contributed by atoms with E-state index < -0.39 is 0 Å². The molecule has 0 radical (unpaired) electrons. The topological polar surface area (TPSA) is 3.24 Å². The molecule has 240 valence electrons. The summed E-state index contributed by atoms with van der Waals surface area (Å²) in [4.78, 5) is 2.38. The van der Waals surface area contributed by atoms with Crippen LogP contribution in [0.25, 0.3) is 66.1 Å². The maximum atomic E-state index is 2.38. The van der Waals surface area contributed by atoms with Crippen molar-refractivity contribution in [2.75, 3.05) is 4.90 Å². The van der Waals surface area contributed by atoms with Crippen molar-refractivity contribution >= 4 is 38.6 Å². The highest BCUT2D eigenvalue weighted by Crippen LogP contribution is 2.41. The van der Waals surface area contributed by atoms with Gasteiger partial charge >= 0.3 is 0 Å². The molecule has 0 fully saturated rings. The van der Waals surface area contributed by atoms with E-state index in [-0.39, 0.29) is 0 Å². The fourth-order valence-electron chi connectivity index (χ4n) is 7.27. The molecular weight excluding hydrogens is 615 g/mol. The molecule has 9 rings (SSSR count). The molecule has 0 aromatic heterocycles. The van der Waals surface area contributed by atoms with E-state index in [0.717, 1.165) is 17.1 Å². The third kappa shape index (κ3) is 5.96. The predicted octanol–water partition coefficient (Wildman–Crippen LogP) is 14.1. The molecule has 1 heteroatoms. The molecule has 0 saturated heterocycles. The molecule has 51 heavy (non-hydrogen) atoms. The minimum atomic E-state index is 1.11. The second-order valence-corrected chi connectivity index (χ2v) is 13.0. The lowest BCUT2D eigenvalue weighted by Gasteiger charge is -2.27. The van der Waals surface area contributed by atoms with Crippen molar-refractivity contribution in [1.29, 1.82) is 0 Å². The maximum Gasteiger partial charge on any atom is 0.0540 e. The van der Waals surface area contributed by atoms with Crippen LogP contribution in [0.3, 0.4) is 0 Å². The lowest BCUT2D eigenvalue weighted by atomic mass is 9.95. The zero-order valence-corrected chi connectivity index (χ0v) is 28.2. The quantitative estimate of drug-likeness (QED) is 0.166. The number of rotatable bonds is 7. The molecule has 0 unspecified atom stereocenters. The van der Waals surface area contributed by atoms with Crippen LogP contribution in [-0.2, 0) is 0 Å². The average molecular weight is 650 g/mol. The van der Waals surface area contributed by atoms with Gasteiger partial charge in [-0.2, -0.15) is 0 Å². The minimum absolute atomic E-state index is 1.11. The molecule has 9 aromatic carbocycles. The summed E-state index contributed by atoms with van der Waals surface area (Å²) in [7, 11) is 0. The van der Waals surface area contributed by atoms with Crippen molar-refractivity contribution in [3.05, 3.63) is 212 Å². The van der Waals surface area contributed by atoms with Crippen molar-refractivity contribution in [3.63, 3.8) is 0 Å². The highest BCUT2D eigenvalue weighted by Gasteiger charge is 2.16. The molecule has 0 aliphatic carbocycles. The summed E-state index contributed by atoms with van der Waals surface area (Å²) in [6.07, 6.45) is 0. The molecule has 0 aliphatic rings. The Kier molecular flexibility index (Phi) is 7.92. The molecule has 0 saturated carbocycles. The summed E-state index contributed by atoms with van der Waals surface area (Å²) >= 11 is 0. The Morgan fingerprint density at radius 2 is 0.667 bits per heavy atom. The molecule has 0 bridgehead atoms. The van der Waals surface area contributed by atoms with Gasteiger partial charge in [-0.1, -0.05) is 176 Å². The van der Waals surface area contributed by atoms with Crippen LogP contribution >= 0.6 is 0 Å². The van der Waals surface area contributed by atoms with Gasteiger partial charge in [0.05, 0.1) is 5.69 Å². The summed E-state index contributed by atoms with van der Waals surface area (Å²) in [6, 6.07) is 76.6. The summed E-state index contributed by atoms with van der Waals surface area (Å²) in [6.45, 7) is 0. The molecule has 0 heterocycles. The van der Waals surface area contributed by atoms with Crippen LogP contribution < -0.4 is 4.90 Å². The number of fused-ring (bicyclic) bond motifs is 2. The van der Waals surface area contributed by atoms with Crippen LogP contribution in [0, 0.1) is 0 Å². The number of anilines is 3. The van der Waals surface area contributed by atoms with Gasteiger partial charge in [-0.15, -0.1) is 0 Å². The van der Waals surface area contributed by atoms with Crippen molar-refractivity contribution in [1.82, 2.24) is 0 Å². The second-order valence-electron chi connectivity index (χ2n) is 13.0. The standard InChI is InChI=1S/C50H35N/c1-2-11-36(12-3-1)37-23-25-38(26-24-37)39-27-31-45(32-28-39)51(50-22-10-16-42-14-5-7-20-49(42)50)46-33-29-40(30-34-46)43-17-8-18-44(35-43)48-21-9-15-41-13-4-6-19-47(41)48/h1-35H. The van der Waals surface area contributed by atoms with Gasteiger partial charge in [0.2, 0.25) is 0 Å². The Balaban J connectivity index is 1.07. The summed E-state index contributed by atoms with van der Waals surface area (Å²) in [5.41, 5.74) is 13.1. The average Bonchev–Trinajstić information content (AvgIpc) is 3.22. The Labute approximate surface area is 299 Å². The SMILES string of the molecule is c1ccc(-c2ccc(-c3ccc(N(c4ccc(-c5cccc(-c6cccc7ccccc67)c5)cc4)c4cccc5ccccc45)cc3)cc2)cc1. The first kappa shape index (κ1) is 30.4. The molecule has 0 amide bonds. The number of hydrogen-bond acceptors (Lipinski definition) is 1. The summed E-state index contributed by atoms with van der Waals surface area (Å²) < 4.78 is 0. The first-order valence-electron chi connectivity index (χ1n) is 17.5. The van der Waals surface area contributed by atoms with Crippen molar-refractivity contribution in [2.24, 2.45) is 0 Å². The van der Waals surface area contributed by atoms with Gasteiger partial charge in [-0.3, -0.25) is 0 Å². The lowest BCUT2D eigenvalue weighted by molar-refractivity contribution is 1.30. The molecule has 0 N–H and O–H groups in total. The molecule has 1 nitrogen and oxygen atoms in total. The smallest absolute Gasteiger partial charge is 0.0540 e. The second kappa shape index (κ2) is 13.3. The van der Waals surface area contributed by atoms with Crippen LogP contribution in [0.2, 0.25) is 0 Å². The largest absolute Gasteiger partial charge is 0.310 e. The summed E-state index contributed by atoms with van der Waals surface area (Å²) in [5, 5.41) is 4.96. The first-order valence-corrected chi connectivity index (χ1v) is 17.5. The minimum Gasteiger partial charge on any atom is -0.310 e. The van der Waals surface area contributed by atoms with Crippen LogP contribution in [0.1, 0.15) is 0 Å². The van der Waals surface area contributed by atoms with Crippen LogP contribution in [0.4, 0.5) is 17.1 Å². The fraction of sp³-hybridized carbons (Fsp3) is 0. The highest BCUT2D eigenvalue weighted by atomic mass is 15.1. The number of hydrogen-bond donors (Lipinski definition) is 0. The van der Waals surface area contributed by atoms with E-state index in [1.165, 1.54) is 66.1 Å². The molecule has 0 aliphatic heterocycles. The van der Waals surface area contributed by atoms with E-state index in [2.05, 4.69) is 217 Å². The van der Waals surface area contributed by atoms with Crippen molar-refractivity contribution in [3.8, 4) is 44.5 Å². The van der Waals surface area contributed by atoms with Gasteiger partial charge in [0, 0.05) is 16.8 Å².